The quantitative estimate of drug-likeness (QED) is 0.550. The largest absolute Gasteiger partial charge is 0.301 e. The van der Waals surface area contributed by atoms with E-state index in [9.17, 15) is 8.42 Å². The lowest BCUT2D eigenvalue weighted by molar-refractivity contribution is 0.387. The van der Waals surface area contributed by atoms with Crippen molar-refractivity contribution in [2.45, 2.75) is 42.7 Å². The lowest BCUT2D eigenvalue weighted by Gasteiger charge is -2.26. The third-order valence-corrected chi connectivity index (χ3v) is 8.88. The fourth-order valence-electron chi connectivity index (χ4n) is 3.47. The average molecular weight is 439 g/mol. The second-order valence-corrected chi connectivity index (χ2v) is 10.7. The number of thioether (sulfide) groups is 1. The maximum absolute atomic E-state index is 13.0. The fourth-order valence-corrected chi connectivity index (χ4v) is 6.76. The first-order valence-corrected chi connectivity index (χ1v) is 12.4. The molecule has 4 heterocycles. The first-order chi connectivity index (χ1) is 13.5. The molecular formula is C17H22N6O2S3. The molecule has 3 aromatic heterocycles. The summed E-state index contributed by atoms with van der Waals surface area (Å²) in [6.07, 6.45) is 0.625. The Labute approximate surface area is 172 Å². The number of thiophene rings is 1. The maximum atomic E-state index is 13.0. The molecule has 0 saturated carbocycles. The van der Waals surface area contributed by atoms with Crippen LogP contribution in [0.25, 0.3) is 11.5 Å². The predicted octanol–water partition coefficient (Wildman–Crippen LogP) is 2.62. The van der Waals surface area contributed by atoms with Crippen LogP contribution in [0.5, 0.6) is 0 Å². The molecule has 0 bridgehead atoms. The van der Waals surface area contributed by atoms with Crippen molar-refractivity contribution >= 4 is 33.1 Å². The number of nitrogens with zero attached hydrogens (tertiary/aromatic N) is 6. The smallest absolute Gasteiger partial charge is 0.252 e. The van der Waals surface area contributed by atoms with E-state index in [0.717, 1.165) is 34.4 Å². The number of hydrogen-bond acceptors (Lipinski definition) is 7. The zero-order valence-electron chi connectivity index (χ0n) is 16.0. The van der Waals surface area contributed by atoms with Crippen molar-refractivity contribution in [3.63, 3.8) is 0 Å². The van der Waals surface area contributed by atoms with E-state index in [-0.39, 0.29) is 0 Å². The lowest BCUT2D eigenvalue weighted by atomic mass is 10.1. The zero-order valence-corrected chi connectivity index (χ0v) is 18.4. The van der Waals surface area contributed by atoms with Crippen LogP contribution in [0.1, 0.15) is 25.1 Å². The summed E-state index contributed by atoms with van der Waals surface area (Å²) in [5.41, 5.74) is 2.70. The van der Waals surface area contributed by atoms with Crippen molar-refractivity contribution in [2.75, 3.05) is 12.3 Å². The highest BCUT2D eigenvalue weighted by Crippen LogP contribution is 2.33. The van der Waals surface area contributed by atoms with Crippen LogP contribution in [0, 0.1) is 0 Å². The number of fused-ring (bicyclic) bond motifs is 1. The SMILES string of the molecule is CCSc1nnc(-c2nn(C)c3c2CN(S(=O)(=O)c2cccs2)CC3)n1CC. The molecule has 150 valence electrons. The van der Waals surface area contributed by atoms with Gasteiger partial charge in [0.15, 0.2) is 11.0 Å². The summed E-state index contributed by atoms with van der Waals surface area (Å²) in [6.45, 7) is 5.60. The Balaban J connectivity index is 1.75. The van der Waals surface area contributed by atoms with Crippen LogP contribution in [0.4, 0.5) is 0 Å². The van der Waals surface area contributed by atoms with E-state index in [1.807, 2.05) is 16.3 Å². The van der Waals surface area contributed by atoms with Gasteiger partial charge in [-0.05, 0) is 24.1 Å². The standard InChI is InChI=1S/C17H22N6O2S3/c1-4-23-16(18-19-17(23)26-5-2)15-12-11-22(9-8-13(12)21(3)20-15)28(24,25)14-7-6-10-27-14/h6-7,10H,4-5,8-9,11H2,1-3H3. The molecule has 0 N–H and O–H groups in total. The summed E-state index contributed by atoms with van der Waals surface area (Å²) < 4.78 is 31.8. The number of aryl methyl sites for hydroxylation is 1. The van der Waals surface area contributed by atoms with Gasteiger partial charge in [0.1, 0.15) is 9.90 Å². The minimum Gasteiger partial charge on any atom is -0.301 e. The highest BCUT2D eigenvalue weighted by Gasteiger charge is 2.34. The highest BCUT2D eigenvalue weighted by molar-refractivity contribution is 7.99. The molecule has 4 rings (SSSR count). The van der Waals surface area contributed by atoms with Gasteiger partial charge >= 0.3 is 0 Å². The summed E-state index contributed by atoms with van der Waals surface area (Å²) in [7, 11) is -1.60. The van der Waals surface area contributed by atoms with Gasteiger partial charge in [0.2, 0.25) is 0 Å². The molecule has 0 radical (unpaired) electrons. The summed E-state index contributed by atoms with van der Waals surface area (Å²) in [5.74, 6) is 1.61. The van der Waals surface area contributed by atoms with Crippen molar-refractivity contribution in [3.8, 4) is 11.5 Å². The Morgan fingerprint density at radius 1 is 1.29 bits per heavy atom. The van der Waals surface area contributed by atoms with E-state index in [0.29, 0.717) is 29.5 Å². The van der Waals surface area contributed by atoms with Crippen LogP contribution in [0.3, 0.4) is 0 Å². The molecule has 0 amide bonds. The van der Waals surface area contributed by atoms with Crippen LogP contribution in [0.15, 0.2) is 26.9 Å². The first kappa shape index (κ1) is 19.6. The van der Waals surface area contributed by atoms with Gasteiger partial charge in [0.25, 0.3) is 10.0 Å². The lowest BCUT2D eigenvalue weighted by Crippen LogP contribution is -2.36. The molecule has 0 spiro atoms. The van der Waals surface area contributed by atoms with E-state index in [1.54, 1.807) is 33.6 Å². The van der Waals surface area contributed by atoms with E-state index in [2.05, 4.69) is 29.1 Å². The highest BCUT2D eigenvalue weighted by atomic mass is 32.2. The number of hydrogen-bond donors (Lipinski definition) is 0. The van der Waals surface area contributed by atoms with Gasteiger partial charge in [-0.25, -0.2) is 8.42 Å². The molecule has 28 heavy (non-hydrogen) atoms. The van der Waals surface area contributed by atoms with Crippen LogP contribution in [0.2, 0.25) is 0 Å². The molecule has 11 heteroatoms. The van der Waals surface area contributed by atoms with Crippen LogP contribution in [-0.2, 0) is 36.6 Å². The van der Waals surface area contributed by atoms with Gasteiger partial charge in [0, 0.05) is 44.4 Å². The first-order valence-electron chi connectivity index (χ1n) is 9.12. The van der Waals surface area contributed by atoms with Crippen LogP contribution in [-0.4, -0.2) is 49.6 Å². The molecule has 0 unspecified atom stereocenters. The van der Waals surface area contributed by atoms with Gasteiger partial charge in [-0.3, -0.25) is 4.68 Å². The van der Waals surface area contributed by atoms with Gasteiger partial charge in [-0.15, -0.1) is 21.5 Å². The summed E-state index contributed by atoms with van der Waals surface area (Å²) >= 11 is 2.88. The third-order valence-electron chi connectivity index (χ3n) is 4.81. The second-order valence-electron chi connectivity index (χ2n) is 6.40. The molecule has 8 nitrogen and oxygen atoms in total. The topological polar surface area (TPSA) is 85.9 Å². The van der Waals surface area contributed by atoms with Crippen molar-refractivity contribution in [1.29, 1.82) is 0 Å². The van der Waals surface area contributed by atoms with E-state index >= 15 is 0 Å². The summed E-state index contributed by atoms with van der Waals surface area (Å²) in [6, 6.07) is 3.42. The van der Waals surface area contributed by atoms with E-state index in [4.69, 9.17) is 0 Å². The average Bonchev–Trinajstić information content (AvgIpc) is 3.41. The molecule has 0 aliphatic carbocycles. The van der Waals surface area contributed by atoms with E-state index in [1.165, 1.54) is 11.3 Å². The van der Waals surface area contributed by atoms with Crippen molar-refractivity contribution < 1.29 is 8.42 Å². The van der Waals surface area contributed by atoms with Gasteiger partial charge in [-0.1, -0.05) is 24.8 Å². The van der Waals surface area contributed by atoms with Gasteiger partial charge < -0.3 is 4.57 Å². The van der Waals surface area contributed by atoms with Gasteiger partial charge in [-0.2, -0.15) is 9.40 Å². The van der Waals surface area contributed by atoms with Crippen molar-refractivity contribution in [3.05, 3.63) is 28.8 Å². The molecule has 0 atom stereocenters. The molecule has 0 aromatic carbocycles. The Morgan fingerprint density at radius 2 is 2.11 bits per heavy atom. The molecule has 1 aliphatic heterocycles. The van der Waals surface area contributed by atoms with Crippen LogP contribution >= 0.6 is 23.1 Å². The van der Waals surface area contributed by atoms with E-state index < -0.39 is 10.0 Å². The second kappa shape index (κ2) is 7.62. The van der Waals surface area contributed by atoms with Crippen molar-refractivity contribution in [2.24, 2.45) is 7.05 Å². The molecule has 1 aliphatic rings. The normalized spacial score (nSPS) is 15.1. The Kier molecular flexibility index (Phi) is 5.34. The predicted molar refractivity (Wildman–Crippen MR) is 110 cm³/mol. The number of aromatic nitrogens is 5. The summed E-state index contributed by atoms with van der Waals surface area (Å²) in [5, 5.41) is 16.0. The number of rotatable bonds is 6. The monoisotopic (exact) mass is 438 g/mol. The Bertz CT molecular complexity index is 1080. The summed E-state index contributed by atoms with van der Waals surface area (Å²) in [4.78, 5) is 0. The molecule has 0 fully saturated rings. The van der Waals surface area contributed by atoms with Crippen molar-refractivity contribution in [1.82, 2.24) is 28.9 Å². The number of sulfonamides is 1. The molecular weight excluding hydrogens is 416 g/mol. The fraction of sp³-hybridized carbons (Fsp3) is 0.471. The minimum absolute atomic E-state index is 0.297. The minimum atomic E-state index is -3.50. The Morgan fingerprint density at radius 3 is 2.79 bits per heavy atom. The third kappa shape index (κ3) is 3.19. The van der Waals surface area contributed by atoms with Gasteiger partial charge in [0.05, 0.1) is 0 Å². The molecule has 0 saturated heterocycles. The van der Waals surface area contributed by atoms with Crippen LogP contribution < -0.4 is 0 Å². The maximum Gasteiger partial charge on any atom is 0.252 e. The molecule has 3 aromatic rings. The zero-order chi connectivity index (χ0) is 19.9. The Hall–Kier alpha value is -1.69.